The maximum absolute atomic E-state index is 11.8. The van der Waals surface area contributed by atoms with Crippen molar-refractivity contribution in [3.05, 3.63) is 0 Å². The van der Waals surface area contributed by atoms with E-state index in [1.807, 2.05) is 23.7 Å². The van der Waals surface area contributed by atoms with Crippen molar-refractivity contribution in [3.8, 4) is 0 Å². The third-order valence-electron chi connectivity index (χ3n) is 2.92. The molecule has 2 atom stereocenters. The number of thioether (sulfide) groups is 1. The Kier molecular flexibility index (Phi) is 4.54. The van der Waals surface area contributed by atoms with Gasteiger partial charge in [0.05, 0.1) is 6.04 Å². The molecule has 3 nitrogen and oxygen atoms in total. The molecule has 14 heavy (non-hydrogen) atoms. The average Bonchev–Trinajstić information content (AvgIpc) is 2.51. The fourth-order valence-corrected chi connectivity index (χ4v) is 3.02. The summed E-state index contributed by atoms with van der Waals surface area (Å²) < 4.78 is 0. The summed E-state index contributed by atoms with van der Waals surface area (Å²) in [6, 6.07) is 0.607. The number of hydrogen-bond acceptors (Lipinski definition) is 3. The Morgan fingerprint density at radius 1 is 1.50 bits per heavy atom. The lowest BCUT2D eigenvalue weighted by Crippen LogP contribution is -2.55. The van der Waals surface area contributed by atoms with Crippen LogP contribution in [0, 0.1) is 0 Å². The molecule has 2 saturated heterocycles. The molecule has 2 aliphatic rings. The molecule has 1 unspecified atom stereocenters. The van der Waals surface area contributed by atoms with Gasteiger partial charge in [-0.15, -0.1) is 12.4 Å². The number of carbonyl (C=O) groups is 1. The number of amides is 1. The van der Waals surface area contributed by atoms with Crippen LogP contribution in [0.4, 0.5) is 0 Å². The molecular weight excluding hydrogens is 220 g/mol. The summed E-state index contributed by atoms with van der Waals surface area (Å²) >= 11 is 1.95. The predicted molar refractivity (Wildman–Crippen MR) is 62.2 cm³/mol. The Bertz CT molecular complexity index is 205. The van der Waals surface area contributed by atoms with Crippen molar-refractivity contribution >= 4 is 30.1 Å². The molecule has 2 aliphatic heterocycles. The highest BCUT2D eigenvalue weighted by Gasteiger charge is 2.31. The van der Waals surface area contributed by atoms with Gasteiger partial charge in [-0.1, -0.05) is 0 Å². The van der Waals surface area contributed by atoms with Gasteiger partial charge in [0.2, 0.25) is 5.91 Å². The molecule has 5 heteroatoms. The SMILES string of the molecule is CN(C(=O)[C@H]1CCN1)C1CCSC1.Cl. The highest BCUT2D eigenvalue weighted by molar-refractivity contribution is 7.99. The first-order valence-electron chi connectivity index (χ1n) is 4.87. The second-order valence-electron chi connectivity index (χ2n) is 3.76. The Morgan fingerprint density at radius 3 is 2.64 bits per heavy atom. The lowest BCUT2D eigenvalue weighted by Gasteiger charge is -2.33. The van der Waals surface area contributed by atoms with Crippen LogP contribution in [0.5, 0.6) is 0 Å². The van der Waals surface area contributed by atoms with E-state index < -0.39 is 0 Å². The molecule has 0 aromatic carbocycles. The first-order valence-corrected chi connectivity index (χ1v) is 6.02. The van der Waals surface area contributed by atoms with Gasteiger partial charge in [-0.05, 0) is 25.1 Å². The van der Waals surface area contributed by atoms with E-state index >= 15 is 0 Å². The normalized spacial score (nSPS) is 30.4. The third-order valence-corrected chi connectivity index (χ3v) is 4.07. The van der Waals surface area contributed by atoms with Gasteiger partial charge in [-0.25, -0.2) is 0 Å². The highest BCUT2D eigenvalue weighted by atomic mass is 35.5. The van der Waals surface area contributed by atoms with Crippen LogP contribution in [-0.2, 0) is 4.79 Å². The number of rotatable bonds is 2. The predicted octanol–water partition coefficient (Wildman–Crippen LogP) is 0.734. The molecule has 0 aliphatic carbocycles. The topological polar surface area (TPSA) is 32.3 Å². The second kappa shape index (κ2) is 5.24. The number of nitrogens with one attached hydrogen (secondary N) is 1. The van der Waals surface area contributed by atoms with Crippen molar-refractivity contribution in [1.29, 1.82) is 0 Å². The van der Waals surface area contributed by atoms with Crippen LogP contribution in [0.15, 0.2) is 0 Å². The minimum atomic E-state index is 0. The Balaban J connectivity index is 0.000000980. The van der Waals surface area contributed by atoms with Gasteiger partial charge in [0.15, 0.2) is 0 Å². The maximum atomic E-state index is 11.8. The zero-order valence-corrected chi connectivity index (χ0v) is 10.00. The molecule has 0 saturated carbocycles. The molecule has 82 valence electrons. The number of hydrogen-bond donors (Lipinski definition) is 1. The summed E-state index contributed by atoms with van der Waals surface area (Å²) in [6.45, 7) is 1.00. The van der Waals surface area contributed by atoms with E-state index in [2.05, 4.69) is 5.32 Å². The van der Waals surface area contributed by atoms with Gasteiger partial charge in [0.25, 0.3) is 0 Å². The first kappa shape index (κ1) is 12.1. The van der Waals surface area contributed by atoms with Crippen LogP contribution in [0.3, 0.4) is 0 Å². The fourth-order valence-electron chi connectivity index (χ4n) is 1.75. The third kappa shape index (κ3) is 2.35. The molecule has 2 rings (SSSR count). The zero-order valence-electron chi connectivity index (χ0n) is 8.36. The van der Waals surface area contributed by atoms with Crippen LogP contribution in [0.2, 0.25) is 0 Å². The summed E-state index contributed by atoms with van der Waals surface area (Å²) in [5.41, 5.74) is 0. The Morgan fingerprint density at radius 2 is 2.21 bits per heavy atom. The molecule has 2 heterocycles. The number of halogens is 1. The highest BCUT2D eigenvalue weighted by Crippen LogP contribution is 2.22. The fraction of sp³-hybridized carbons (Fsp3) is 0.889. The van der Waals surface area contributed by atoms with Crippen molar-refractivity contribution < 1.29 is 4.79 Å². The molecular formula is C9H17ClN2OS. The van der Waals surface area contributed by atoms with Gasteiger partial charge >= 0.3 is 0 Å². The number of likely N-dealkylation sites (N-methyl/N-ethyl adjacent to an activating group) is 1. The number of carbonyl (C=O) groups excluding carboxylic acids is 1. The van der Waals surface area contributed by atoms with E-state index in [0.717, 1.165) is 18.7 Å². The van der Waals surface area contributed by atoms with Gasteiger partial charge in [0.1, 0.15) is 0 Å². The molecule has 1 N–H and O–H groups in total. The van der Waals surface area contributed by atoms with Crippen LogP contribution in [-0.4, -0.2) is 48.0 Å². The average molecular weight is 237 g/mol. The zero-order chi connectivity index (χ0) is 9.26. The van der Waals surface area contributed by atoms with Crippen LogP contribution < -0.4 is 5.32 Å². The molecule has 0 aromatic heterocycles. The quantitative estimate of drug-likeness (QED) is 0.768. The van der Waals surface area contributed by atoms with E-state index in [4.69, 9.17) is 0 Å². The van der Waals surface area contributed by atoms with E-state index in [0.29, 0.717) is 11.9 Å². The summed E-state index contributed by atoms with van der Waals surface area (Å²) in [6.07, 6.45) is 2.18. The van der Waals surface area contributed by atoms with E-state index in [1.54, 1.807) is 0 Å². The van der Waals surface area contributed by atoms with Crippen LogP contribution in [0.1, 0.15) is 12.8 Å². The molecule has 2 fully saturated rings. The summed E-state index contributed by atoms with van der Waals surface area (Å²) in [5, 5.41) is 3.15. The molecule has 0 radical (unpaired) electrons. The van der Waals surface area contributed by atoms with Gasteiger partial charge in [-0.3, -0.25) is 4.79 Å². The van der Waals surface area contributed by atoms with E-state index in [9.17, 15) is 4.79 Å². The van der Waals surface area contributed by atoms with Crippen molar-refractivity contribution in [3.63, 3.8) is 0 Å². The van der Waals surface area contributed by atoms with Crippen LogP contribution >= 0.6 is 24.2 Å². The molecule has 0 aromatic rings. The summed E-state index contributed by atoms with van der Waals surface area (Å²) in [7, 11) is 1.94. The Labute approximate surface area is 95.4 Å². The maximum Gasteiger partial charge on any atom is 0.239 e. The monoisotopic (exact) mass is 236 g/mol. The molecule has 1 amide bonds. The summed E-state index contributed by atoms with van der Waals surface area (Å²) in [4.78, 5) is 13.7. The van der Waals surface area contributed by atoms with Crippen molar-refractivity contribution in [2.45, 2.75) is 24.9 Å². The minimum absolute atomic E-state index is 0. The van der Waals surface area contributed by atoms with E-state index in [-0.39, 0.29) is 18.4 Å². The van der Waals surface area contributed by atoms with Crippen molar-refractivity contribution in [1.82, 2.24) is 10.2 Å². The first-order chi connectivity index (χ1) is 6.29. The lowest BCUT2D eigenvalue weighted by atomic mass is 10.1. The Hall–Kier alpha value is 0.0700. The largest absolute Gasteiger partial charge is 0.341 e. The van der Waals surface area contributed by atoms with Crippen molar-refractivity contribution in [2.24, 2.45) is 0 Å². The van der Waals surface area contributed by atoms with Gasteiger partial charge < -0.3 is 10.2 Å². The minimum Gasteiger partial charge on any atom is -0.341 e. The van der Waals surface area contributed by atoms with E-state index in [1.165, 1.54) is 12.2 Å². The second-order valence-corrected chi connectivity index (χ2v) is 4.91. The van der Waals surface area contributed by atoms with Crippen LogP contribution in [0.25, 0.3) is 0 Å². The van der Waals surface area contributed by atoms with Gasteiger partial charge in [0, 0.05) is 18.8 Å². The molecule has 0 bridgehead atoms. The molecule has 0 spiro atoms. The standard InChI is InChI=1S/C9H16N2OS.ClH/c1-11(7-3-5-13-6-7)9(12)8-2-4-10-8;/h7-8,10H,2-6H2,1H3;1H/t7?,8-;/m1./s1. The lowest BCUT2D eigenvalue weighted by molar-refractivity contribution is -0.135. The summed E-state index contributed by atoms with van der Waals surface area (Å²) in [5.74, 6) is 2.62. The number of nitrogens with zero attached hydrogens (tertiary/aromatic N) is 1. The smallest absolute Gasteiger partial charge is 0.239 e. The van der Waals surface area contributed by atoms with Gasteiger partial charge in [-0.2, -0.15) is 11.8 Å². The van der Waals surface area contributed by atoms with Crippen molar-refractivity contribution in [2.75, 3.05) is 25.1 Å².